The summed E-state index contributed by atoms with van der Waals surface area (Å²) < 4.78 is 6.68. The lowest BCUT2D eigenvalue weighted by molar-refractivity contribution is 0.477. The third-order valence-electron chi connectivity index (χ3n) is 2.61. The monoisotopic (exact) mass is 322 g/mol. The number of hydrogen-bond donors (Lipinski definition) is 1. The minimum atomic E-state index is -0.367. The molecule has 0 fully saturated rings. The molecule has 3 rings (SSSR count). The molecule has 0 aliphatic carbocycles. The number of aromatic hydroxyl groups is 1. The van der Waals surface area contributed by atoms with E-state index >= 15 is 0 Å². The van der Waals surface area contributed by atoms with Crippen molar-refractivity contribution in [1.29, 1.82) is 0 Å². The number of fused-ring (bicyclic) bond motifs is 1. The second-order valence-corrected chi connectivity index (χ2v) is 5.61. The molecular weight excluding hydrogens is 316 g/mol. The third kappa shape index (κ3) is 1.85. The molecule has 18 heavy (non-hydrogen) atoms. The first-order chi connectivity index (χ1) is 8.65. The first-order valence-corrected chi connectivity index (χ1v) is 6.77. The minimum absolute atomic E-state index is 0.141. The van der Waals surface area contributed by atoms with Crippen molar-refractivity contribution in [2.45, 2.75) is 0 Å². The molecule has 0 atom stereocenters. The topological polar surface area (TPSA) is 50.4 Å². The Balaban J connectivity index is 2.36. The molecule has 3 nitrogen and oxygen atoms in total. The fraction of sp³-hybridized carbons (Fsp3) is 0. The van der Waals surface area contributed by atoms with E-state index in [1.54, 1.807) is 6.07 Å². The van der Waals surface area contributed by atoms with Gasteiger partial charge in [0.25, 0.3) is 0 Å². The molecular formula is C13H7BrO3S. The molecule has 0 radical (unpaired) electrons. The highest BCUT2D eigenvalue weighted by Gasteiger charge is 2.13. The summed E-state index contributed by atoms with van der Waals surface area (Å²) in [5, 5.41) is 9.99. The highest BCUT2D eigenvalue weighted by Crippen LogP contribution is 2.38. The maximum Gasteiger partial charge on any atom is 0.396 e. The Morgan fingerprint density at radius 3 is 2.56 bits per heavy atom. The Morgan fingerprint density at radius 2 is 1.83 bits per heavy atom. The summed E-state index contributed by atoms with van der Waals surface area (Å²) in [5.74, 6) is 0.141. The van der Waals surface area contributed by atoms with Crippen LogP contribution in [0.2, 0.25) is 0 Å². The van der Waals surface area contributed by atoms with Crippen molar-refractivity contribution in [2.75, 3.05) is 0 Å². The Kier molecular flexibility index (Phi) is 2.72. The number of halogens is 1. The van der Waals surface area contributed by atoms with Gasteiger partial charge in [0, 0.05) is 10.0 Å². The van der Waals surface area contributed by atoms with E-state index in [0.29, 0.717) is 15.8 Å². The predicted molar refractivity (Wildman–Crippen MR) is 75.2 cm³/mol. The first-order valence-electron chi connectivity index (χ1n) is 5.17. The van der Waals surface area contributed by atoms with Gasteiger partial charge in [0.1, 0.15) is 11.3 Å². The van der Waals surface area contributed by atoms with Crippen LogP contribution >= 0.6 is 27.3 Å². The average Bonchev–Trinajstić information content (AvgIpc) is 2.71. The van der Waals surface area contributed by atoms with Gasteiger partial charge in [0.15, 0.2) is 0 Å². The van der Waals surface area contributed by atoms with Gasteiger partial charge >= 0.3 is 4.94 Å². The maximum absolute atomic E-state index is 11.3. The molecule has 0 saturated heterocycles. The first kappa shape index (κ1) is 11.5. The molecule has 5 heteroatoms. The van der Waals surface area contributed by atoms with Crippen LogP contribution in [0.25, 0.3) is 21.4 Å². The van der Waals surface area contributed by atoms with Crippen LogP contribution in [0.1, 0.15) is 0 Å². The van der Waals surface area contributed by atoms with Crippen LogP contribution in [-0.2, 0) is 0 Å². The largest absolute Gasteiger partial charge is 0.507 e. The molecule has 0 amide bonds. The Morgan fingerprint density at radius 1 is 1.11 bits per heavy atom. The van der Waals surface area contributed by atoms with Crippen molar-refractivity contribution in [3.8, 4) is 16.9 Å². The van der Waals surface area contributed by atoms with Gasteiger partial charge < -0.3 is 9.52 Å². The van der Waals surface area contributed by atoms with Gasteiger partial charge in [-0.1, -0.05) is 39.4 Å². The van der Waals surface area contributed by atoms with Gasteiger partial charge in [-0.05, 0) is 29.8 Å². The van der Waals surface area contributed by atoms with E-state index in [2.05, 4.69) is 15.9 Å². The molecule has 0 unspecified atom stereocenters. The van der Waals surface area contributed by atoms with E-state index in [0.717, 1.165) is 21.4 Å². The zero-order valence-electron chi connectivity index (χ0n) is 9.01. The van der Waals surface area contributed by atoms with Gasteiger partial charge in [-0.3, -0.25) is 0 Å². The Labute approximate surface area is 114 Å². The van der Waals surface area contributed by atoms with Crippen LogP contribution in [0.4, 0.5) is 0 Å². The molecule has 0 aliphatic rings. The van der Waals surface area contributed by atoms with Crippen LogP contribution in [0.15, 0.2) is 50.1 Å². The third-order valence-corrected chi connectivity index (χ3v) is 4.00. The molecule has 0 spiro atoms. The van der Waals surface area contributed by atoms with E-state index in [9.17, 15) is 9.90 Å². The minimum Gasteiger partial charge on any atom is -0.507 e. The number of rotatable bonds is 1. The van der Waals surface area contributed by atoms with Gasteiger partial charge in [-0.25, -0.2) is 4.79 Å². The molecule has 0 bridgehead atoms. The van der Waals surface area contributed by atoms with Crippen LogP contribution in [-0.4, -0.2) is 5.11 Å². The molecule has 90 valence electrons. The Hall–Kier alpha value is -1.59. The number of phenolic OH excluding ortho intramolecular Hbond substituents is 1. The molecule has 0 aliphatic heterocycles. The normalized spacial score (nSPS) is 10.9. The van der Waals surface area contributed by atoms with Crippen LogP contribution < -0.4 is 4.94 Å². The Bertz CT molecular complexity index is 771. The van der Waals surface area contributed by atoms with Crippen molar-refractivity contribution in [3.05, 3.63) is 50.6 Å². The smallest absolute Gasteiger partial charge is 0.396 e. The van der Waals surface area contributed by atoms with Crippen molar-refractivity contribution in [3.63, 3.8) is 0 Å². The lowest BCUT2D eigenvalue weighted by Crippen LogP contribution is -1.79. The SMILES string of the molecule is O=c1oc2ccc(O)c(-c3ccc(Br)cc3)c2s1. The number of benzene rings is 2. The predicted octanol–water partition coefficient (Wildman–Crippen LogP) is 3.99. The summed E-state index contributed by atoms with van der Waals surface area (Å²) in [7, 11) is 0. The lowest BCUT2D eigenvalue weighted by Gasteiger charge is -2.05. The summed E-state index contributed by atoms with van der Waals surface area (Å²) in [5.41, 5.74) is 1.98. The fourth-order valence-electron chi connectivity index (χ4n) is 1.82. The standard InChI is InChI=1S/C13H7BrO3S/c14-8-3-1-7(2-4-8)11-9(15)5-6-10-12(11)18-13(16)17-10/h1-6,15H. The second-order valence-electron chi connectivity index (χ2n) is 3.75. The summed E-state index contributed by atoms with van der Waals surface area (Å²) >= 11 is 4.36. The number of phenols is 1. The number of hydrogen-bond acceptors (Lipinski definition) is 4. The molecule has 2 aromatic carbocycles. The molecule has 1 N–H and O–H groups in total. The molecule has 0 saturated carbocycles. The van der Waals surface area contributed by atoms with E-state index in [-0.39, 0.29) is 10.7 Å². The second kappa shape index (κ2) is 4.26. The van der Waals surface area contributed by atoms with Crippen LogP contribution in [0.5, 0.6) is 5.75 Å². The zero-order chi connectivity index (χ0) is 12.7. The van der Waals surface area contributed by atoms with Crippen molar-refractivity contribution in [1.82, 2.24) is 0 Å². The van der Waals surface area contributed by atoms with Gasteiger partial charge in [0.2, 0.25) is 0 Å². The van der Waals surface area contributed by atoms with Crippen molar-refractivity contribution < 1.29 is 9.52 Å². The quantitative estimate of drug-likeness (QED) is 0.737. The van der Waals surface area contributed by atoms with Crippen molar-refractivity contribution in [2.24, 2.45) is 0 Å². The highest BCUT2D eigenvalue weighted by atomic mass is 79.9. The van der Waals surface area contributed by atoms with Crippen LogP contribution in [0.3, 0.4) is 0 Å². The zero-order valence-corrected chi connectivity index (χ0v) is 11.4. The summed E-state index contributed by atoms with van der Waals surface area (Å²) in [6, 6.07) is 10.7. The summed E-state index contributed by atoms with van der Waals surface area (Å²) in [6.45, 7) is 0. The molecule has 1 aromatic heterocycles. The van der Waals surface area contributed by atoms with E-state index in [4.69, 9.17) is 4.42 Å². The van der Waals surface area contributed by atoms with E-state index in [1.807, 2.05) is 24.3 Å². The maximum atomic E-state index is 11.3. The molecule has 1 heterocycles. The van der Waals surface area contributed by atoms with Gasteiger partial charge in [0.05, 0.1) is 4.70 Å². The highest BCUT2D eigenvalue weighted by molar-refractivity contribution is 9.10. The van der Waals surface area contributed by atoms with Crippen LogP contribution in [0, 0.1) is 0 Å². The van der Waals surface area contributed by atoms with E-state index < -0.39 is 0 Å². The molecule has 3 aromatic rings. The average molecular weight is 323 g/mol. The lowest BCUT2D eigenvalue weighted by atomic mass is 10.0. The van der Waals surface area contributed by atoms with E-state index in [1.165, 1.54) is 6.07 Å². The summed E-state index contributed by atoms with van der Waals surface area (Å²) in [4.78, 5) is 10.9. The van der Waals surface area contributed by atoms with Gasteiger partial charge in [-0.2, -0.15) is 0 Å². The van der Waals surface area contributed by atoms with Gasteiger partial charge in [-0.15, -0.1) is 0 Å². The fourth-order valence-corrected chi connectivity index (χ4v) is 2.92. The summed E-state index contributed by atoms with van der Waals surface area (Å²) in [6.07, 6.45) is 0. The van der Waals surface area contributed by atoms with Crippen molar-refractivity contribution >= 4 is 37.5 Å².